The molecule has 3 heteroatoms. The van der Waals surface area contributed by atoms with E-state index in [4.69, 9.17) is 0 Å². The van der Waals surface area contributed by atoms with Gasteiger partial charge in [-0.1, -0.05) is 0 Å². The van der Waals surface area contributed by atoms with Gasteiger partial charge in [0, 0.05) is 11.9 Å². The quantitative estimate of drug-likeness (QED) is 0.467. The molecule has 0 saturated carbocycles. The fourth-order valence-corrected chi connectivity index (χ4v) is 1.28. The Balaban J connectivity index is 3.10. The van der Waals surface area contributed by atoms with Gasteiger partial charge < -0.3 is 10.2 Å². The lowest BCUT2D eigenvalue weighted by Crippen LogP contribution is -2.25. The Morgan fingerprint density at radius 2 is 2.09 bits per heavy atom. The van der Waals surface area contributed by atoms with Crippen LogP contribution in [0.25, 0.3) is 0 Å². The Morgan fingerprint density at radius 3 is 2.55 bits per heavy atom. The van der Waals surface area contributed by atoms with Gasteiger partial charge in [0.05, 0.1) is 0 Å². The van der Waals surface area contributed by atoms with Gasteiger partial charge in [0.2, 0.25) is 0 Å². The molecule has 0 heterocycles. The number of rotatable bonds is 6. The van der Waals surface area contributed by atoms with Gasteiger partial charge in [-0.05, 0) is 40.4 Å². The van der Waals surface area contributed by atoms with Gasteiger partial charge >= 0.3 is 0 Å². The van der Waals surface area contributed by atoms with Gasteiger partial charge in [-0.25, -0.2) is 0 Å². The molecule has 2 nitrogen and oxygen atoms in total. The van der Waals surface area contributed by atoms with Gasteiger partial charge in [-0.15, -0.1) is 0 Å². The first-order valence-corrected chi connectivity index (χ1v) is 4.79. The van der Waals surface area contributed by atoms with E-state index in [1.165, 1.54) is 19.4 Å². The van der Waals surface area contributed by atoms with Crippen molar-refractivity contribution in [3.8, 4) is 0 Å². The van der Waals surface area contributed by atoms with E-state index in [-0.39, 0.29) is 0 Å². The second kappa shape index (κ2) is 6.95. The third kappa shape index (κ3) is 8.17. The van der Waals surface area contributed by atoms with Gasteiger partial charge in [0.15, 0.2) is 0 Å². The van der Waals surface area contributed by atoms with Crippen LogP contribution in [0.1, 0.15) is 19.8 Å². The first-order valence-electron chi connectivity index (χ1n) is 4.15. The molecule has 0 amide bonds. The lowest BCUT2D eigenvalue weighted by molar-refractivity contribution is 0.380. The van der Waals surface area contributed by atoms with Crippen molar-refractivity contribution >= 4 is 12.6 Å². The summed E-state index contributed by atoms with van der Waals surface area (Å²) in [5.41, 5.74) is 0. The second-order valence-electron chi connectivity index (χ2n) is 3.21. The highest BCUT2D eigenvalue weighted by atomic mass is 32.1. The smallest absolute Gasteiger partial charge is 0.0389 e. The fourth-order valence-electron chi connectivity index (χ4n) is 0.972. The predicted octanol–water partition coefficient (Wildman–Crippen LogP) is 1.19. The number of hydrogen-bond acceptors (Lipinski definition) is 3. The van der Waals surface area contributed by atoms with E-state index in [2.05, 4.69) is 43.9 Å². The van der Waals surface area contributed by atoms with Crippen LogP contribution in [0.3, 0.4) is 0 Å². The molecular formula is C8H20N2S. The van der Waals surface area contributed by atoms with E-state index in [9.17, 15) is 0 Å². The highest BCUT2D eigenvalue weighted by Gasteiger charge is 1.98. The first-order chi connectivity index (χ1) is 5.16. The van der Waals surface area contributed by atoms with Crippen LogP contribution >= 0.6 is 12.6 Å². The maximum atomic E-state index is 4.10. The Hall–Kier alpha value is 0.270. The molecule has 0 radical (unpaired) electrons. The van der Waals surface area contributed by atoms with E-state index in [0.717, 1.165) is 5.88 Å². The van der Waals surface area contributed by atoms with E-state index in [1.54, 1.807) is 0 Å². The minimum atomic E-state index is 0.604. The van der Waals surface area contributed by atoms with E-state index >= 15 is 0 Å². The van der Waals surface area contributed by atoms with Gasteiger partial charge in [-0.2, -0.15) is 12.6 Å². The van der Waals surface area contributed by atoms with Gasteiger partial charge in [0.1, 0.15) is 0 Å². The maximum Gasteiger partial charge on any atom is 0.0389 e. The fraction of sp³-hybridized carbons (Fsp3) is 1.00. The topological polar surface area (TPSA) is 15.3 Å². The number of nitrogens with one attached hydrogen (secondary N) is 1. The monoisotopic (exact) mass is 176 g/mol. The molecule has 0 spiro atoms. The van der Waals surface area contributed by atoms with Crippen LogP contribution in [0.5, 0.6) is 0 Å². The summed E-state index contributed by atoms with van der Waals surface area (Å²) in [4.78, 5) is 2.22. The van der Waals surface area contributed by atoms with Gasteiger partial charge in [0.25, 0.3) is 0 Å². The van der Waals surface area contributed by atoms with Crippen LogP contribution in [-0.4, -0.2) is 37.5 Å². The molecule has 1 N–H and O–H groups in total. The van der Waals surface area contributed by atoms with Crippen molar-refractivity contribution in [3.63, 3.8) is 0 Å². The molecule has 0 bridgehead atoms. The van der Waals surface area contributed by atoms with Crippen LogP contribution in [0.4, 0.5) is 0 Å². The van der Waals surface area contributed by atoms with Gasteiger partial charge in [-0.3, -0.25) is 0 Å². The Labute approximate surface area is 75.8 Å². The Bertz CT molecular complexity index is 86.2. The van der Waals surface area contributed by atoms with Crippen molar-refractivity contribution in [2.45, 2.75) is 25.8 Å². The molecule has 0 aliphatic heterocycles. The number of thiol groups is 1. The lowest BCUT2D eigenvalue weighted by Gasteiger charge is -2.13. The van der Waals surface area contributed by atoms with E-state index in [0.29, 0.717) is 6.04 Å². The average Bonchev–Trinajstić information content (AvgIpc) is 1.87. The second-order valence-corrected chi connectivity index (χ2v) is 3.53. The molecule has 0 aromatic rings. The molecule has 0 fully saturated rings. The molecule has 0 aliphatic carbocycles. The lowest BCUT2D eigenvalue weighted by atomic mass is 10.2. The summed E-state index contributed by atoms with van der Waals surface area (Å²) in [5.74, 6) is 0.781. The summed E-state index contributed by atoms with van der Waals surface area (Å²) in [5, 5.41) is 3.26. The van der Waals surface area contributed by atoms with Crippen molar-refractivity contribution in [3.05, 3.63) is 0 Å². The van der Waals surface area contributed by atoms with Crippen LogP contribution in [-0.2, 0) is 0 Å². The zero-order chi connectivity index (χ0) is 8.69. The summed E-state index contributed by atoms with van der Waals surface area (Å²) in [6.45, 7) is 3.38. The summed E-state index contributed by atoms with van der Waals surface area (Å²) >= 11 is 4.10. The maximum absolute atomic E-state index is 4.10. The third-order valence-electron chi connectivity index (χ3n) is 1.68. The summed E-state index contributed by atoms with van der Waals surface area (Å²) in [7, 11) is 4.22. The van der Waals surface area contributed by atoms with E-state index in [1.807, 2.05) is 0 Å². The van der Waals surface area contributed by atoms with Crippen LogP contribution in [0, 0.1) is 0 Å². The summed E-state index contributed by atoms with van der Waals surface area (Å²) in [6, 6.07) is 0.604. The van der Waals surface area contributed by atoms with Crippen molar-refractivity contribution in [1.82, 2.24) is 10.2 Å². The standard InChI is InChI=1S/C8H20N2S/c1-8(9-7-11)5-4-6-10(2)3/h8-9,11H,4-7H2,1-3H3/t8-/m1/s1. The highest BCUT2D eigenvalue weighted by molar-refractivity contribution is 7.80. The Kier molecular flexibility index (Phi) is 7.12. The molecule has 0 saturated heterocycles. The minimum absolute atomic E-state index is 0.604. The van der Waals surface area contributed by atoms with Crippen LogP contribution in [0.2, 0.25) is 0 Å². The van der Waals surface area contributed by atoms with E-state index < -0.39 is 0 Å². The molecule has 0 aromatic heterocycles. The largest absolute Gasteiger partial charge is 0.309 e. The summed E-state index contributed by atoms with van der Waals surface area (Å²) < 4.78 is 0. The van der Waals surface area contributed by atoms with Crippen molar-refractivity contribution in [2.24, 2.45) is 0 Å². The average molecular weight is 176 g/mol. The normalized spacial score (nSPS) is 13.9. The molecule has 0 rings (SSSR count). The number of hydrogen-bond donors (Lipinski definition) is 2. The van der Waals surface area contributed by atoms with Crippen LogP contribution < -0.4 is 5.32 Å². The number of nitrogens with zero attached hydrogens (tertiary/aromatic N) is 1. The predicted molar refractivity (Wildman–Crippen MR) is 54.2 cm³/mol. The van der Waals surface area contributed by atoms with Crippen LogP contribution in [0.15, 0.2) is 0 Å². The minimum Gasteiger partial charge on any atom is -0.309 e. The van der Waals surface area contributed by atoms with Crippen molar-refractivity contribution in [2.75, 3.05) is 26.5 Å². The zero-order valence-corrected chi connectivity index (χ0v) is 8.69. The summed E-state index contributed by atoms with van der Waals surface area (Å²) in [6.07, 6.45) is 2.49. The molecule has 0 unspecified atom stereocenters. The van der Waals surface area contributed by atoms with Crippen molar-refractivity contribution in [1.29, 1.82) is 0 Å². The first kappa shape index (κ1) is 11.3. The molecule has 68 valence electrons. The molecule has 0 aromatic carbocycles. The molecular weight excluding hydrogens is 156 g/mol. The highest BCUT2D eigenvalue weighted by Crippen LogP contribution is 1.96. The molecule has 0 aliphatic rings. The van der Waals surface area contributed by atoms with Crippen molar-refractivity contribution < 1.29 is 0 Å². The molecule has 1 atom stereocenters. The molecule has 11 heavy (non-hydrogen) atoms. The zero-order valence-electron chi connectivity index (χ0n) is 7.80. The third-order valence-corrected chi connectivity index (χ3v) is 1.86. The SMILES string of the molecule is C[C@H](CCCN(C)C)NCS. The Morgan fingerprint density at radius 1 is 1.45 bits per heavy atom.